The van der Waals surface area contributed by atoms with Gasteiger partial charge in [0.2, 0.25) is 0 Å². The minimum absolute atomic E-state index is 0.00412. The third-order valence-corrected chi connectivity index (χ3v) is 4.67. The Morgan fingerprint density at radius 3 is 2.76 bits per heavy atom. The van der Waals surface area contributed by atoms with E-state index in [0.717, 1.165) is 0 Å². The first-order valence-corrected chi connectivity index (χ1v) is 8.80. The fourth-order valence-corrected chi connectivity index (χ4v) is 3.57. The smallest absolute Gasteiger partial charge is 0.410 e. The standard InChI is InChI=1S/C16H20BrN3O5/c1-16(2,3)25-15(21)18-4-5-19-11(8-18)9-24-14-12(17)6-10(20(22)23)7-13(14)19/h6-7,11H,4-5,8-9H2,1-3H3. The average Bonchev–Trinajstić information content (AvgIpc) is 2.52. The summed E-state index contributed by atoms with van der Waals surface area (Å²) in [4.78, 5) is 26.7. The SMILES string of the molecule is CC(C)(C)OC(=O)N1CCN2c3cc([N+](=O)[O-])cc(Br)c3OCC2C1. The third-order valence-electron chi connectivity index (χ3n) is 4.08. The number of carbonyl (C=O) groups is 1. The van der Waals surface area contributed by atoms with E-state index in [4.69, 9.17) is 9.47 Å². The normalized spacial score (nSPS) is 19.6. The van der Waals surface area contributed by atoms with Crippen LogP contribution in [0.1, 0.15) is 20.8 Å². The number of carbonyl (C=O) groups excluding carboxylic acids is 1. The monoisotopic (exact) mass is 413 g/mol. The molecule has 1 saturated heterocycles. The number of anilines is 1. The van der Waals surface area contributed by atoms with Gasteiger partial charge in [-0.1, -0.05) is 0 Å². The van der Waals surface area contributed by atoms with E-state index in [1.807, 2.05) is 20.8 Å². The first kappa shape index (κ1) is 17.8. The minimum atomic E-state index is -0.546. The Morgan fingerprint density at radius 1 is 1.40 bits per heavy atom. The number of nitro groups is 1. The van der Waals surface area contributed by atoms with Gasteiger partial charge in [0.15, 0.2) is 5.75 Å². The zero-order chi connectivity index (χ0) is 18.4. The lowest BCUT2D eigenvalue weighted by molar-refractivity contribution is -0.384. The molecule has 0 saturated carbocycles. The average molecular weight is 414 g/mol. The summed E-state index contributed by atoms with van der Waals surface area (Å²) in [5.74, 6) is 0.604. The maximum absolute atomic E-state index is 12.3. The quantitative estimate of drug-likeness (QED) is 0.519. The van der Waals surface area contributed by atoms with Gasteiger partial charge in [0.25, 0.3) is 5.69 Å². The van der Waals surface area contributed by atoms with Crippen molar-refractivity contribution in [2.45, 2.75) is 32.4 Å². The summed E-state index contributed by atoms with van der Waals surface area (Å²) in [6.45, 7) is 7.41. The lowest BCUT2D eigenvalue weighted by Crippen LogP contribution is -2.59. The molecule has 136 valence electrons. The highest BCUT2D eigenvalue weighted by Crippen LogP contribution is 2.43. The van der Waals surface area contributed by atoms with E-state index in [-0.39, 0.29) is 17.8 Å². The number of benzene rings is 1. The molecule has 0 aromatic heterocycles. The Hall–Kier alpha value is -2.03. The van der Waals surface area contributed by atoms with Gasteiger partial charge in [-0.05, 0) is 36.7 Å². The van der Waals surface area contributed by atoms with E-state index in [9.17, 15) is 14.9 Å². The molecule has 2 aliphatic heterocycles. The number of piperazine rings is 1. The van der Waals surface area contributed by atoms with Crippen LogP contribution in [-0.2, 0) is 4.74 Å². The predicted molar refractivity (Wildman–Crippen MR) is 95.2 cm³/mol. The molecule has 1 atom stereocenters. The van der Waals surface area contributed by atoms with Gasteiger partial charge in [-0.2, -0.15) is 0 Å². The van der Waals surface area contributed by atoms with Crippen LogP contribution in [0.4, 0.5) is 16.2 Å². The second-order valence-corrected chi connectivity index (χ2v) is 7.97. The molecule has 8 nitrogen and oxygen atoms in total. The molecule has 2 heterocycles. The van der Waals surface area contributed by atoms with Crippen molar-refractivity contribution in [2.75, 3.05) is 31.1 Å². The molecule has 25 heavy (non-hydrogen) atoms. The third kappa shape index (κ3) is 3.65. The summed E-state index contributed by atoms with van der Waals surface area (Å²) in [6.07, 6.45) is -0.349. The molecule has 0 bridgehead atoms. The Morgan fingerprint density at radius 2 is 2.12 bits per heavy atom. The molecule has 1 unspecified atom stereocenters. The Labute approximate surface area is 153 Å². The van der Waals surface area contributed by atoms with Crippen molar-refractivity contribution >= 4 is 33.4 Å². The number of nitrogens with zero attached hydrogens (tertiary/aromatic N) is 3. The van der Waals surface area contributed by atoms with Crippen molar-refractivity contribution in [3.63, 3.8) is 0 Å². The Bertz CT molecular complexity index is 718. The van der Waals surface area contributed by atoms with E-state index in [2.05, 4.69) is 20.8 Å². The first-order valence-electron chi connectivity index (χ1n) is 8.01. The number of rotatable bonds is 1. The molecule has 1 amide bonds. The lowest BCUT2D eigenvalue weighted by atomic mass is 10.1. The molecule has 0 N–H and O–H groups in total. The molecule has 1 fully saturated rings. The molecular weight excluding hydrogens is 394 g/mol. The van der Waals surface area contributed by atoms with Crippen LogP contribution in [-0.4, -0.2) is 53.8 Å². The molecule has 3 rings (SSSR count). The molecule has 1 aromatic rings. The number of hydrogen-bond acceptors (Lipinski definition) is 6. The maximum atomic E-state index is 12.3. The predicted octanol–water partition coefficient (Wildman–Crippen LogP) is 3.18. The molecule has 1 aromatic carbocycles. The molecular formula is C16H20BrN3O5. The molecule has 0 spiro atoms. The first-order chi connectivity index (χ1) is 11.7. The van der Waals surface area contributed by atoms with Crippen LogP contribution in [0.3, 0.4) is 0 Å². The summed E-state index contributed by atoms with van der Waals surface area (Å²) in [7, 11) is 0. The zero-order valence-electron chi connectivity index (χ0n) is 14.3. The van der Waals surface area contributed by atoms with Crippen molar-refractivity contribution < 1.29 is 19.2 Å². The van der Waals surface area contributed by atoms with Crippen molar-refractivity contribution in [2.24, 2.45) is 0 Å². The van der Waals surface area contributed by atoms with Gasteiger partial charge in [0.05, 0.1) is 21.1 Å². The highest BCUT2D eigenvalue weighted by molar-refractivity contribution is 9.10. The number of nitro benzene ring substituents is 1. The van der Waals surface area contributed by atoms with Gasteiger partial charge in [0, 0.05) is 31.8 Å². The van der Waals surface area contributed by atoms with E-state index >= 15 is 0 Å². The number of hydrogen-bond donors (Lipinski definition) is 0. The maximum Gasteiger partial charge on any atom is 0.410 e. The van der Waals surface area contributed by atoms with Gasteiger partial charge in [-0.3, -0.25) is 10.1 Å². The topological polar surface area (TPSA) is 85.2 Å². The number of ether oxygens (including phenoxy) is 2. The lowest BCUT2D eigenvalue weighted by Gasteiger charge is -2.45. The van der Waals surface area contributed by atoms with E-state index in [1.165, 1.54) is 12.1 Å². The van der Waals surface area contributed by atoms with Crippen molar-refractivity contribution in [1.29, 1.82) is 0 Å². The summed E-state index contributed by atoms with van der Waals surface area (Å²) >= 11 is 3.35. The summed E-state index contributed by atoms with van der Waals surface area (Å²) in [5, 5.41) is 11.1. The number of amides is 1. The zero-order valence-corrected chi connectivity index (χ0v) is 15.9. The number of halogens is 1. The van der Waals surface area contributed by atoms with Gasteiger partial charge >= 0.3 is 6.09 Å². The van der Waals surface area contributed by atoms with Crippen molar-refractivity contribution in [3.05, 3.63) is 26.7 Å². The van der Waals surface area contributed by atoms with E-state index in [1.54, 1.807) is 4.90 Å². The summed E-state index contributed by atoms with van der Waals surface area (Å²) in [5.41, 5.74) is 0.139. The minimum Gasteiger partial charge on any atom is -0.488 e. The molecule has 0 radical (unpaired) electrons. The van der Waals surface area contributed by atoms with Crippen LogP contribution in [0.2, 0.25) is 0 Å². The summed E-state index contributed by atoms with van der Waals surface area (Å²) < 4.78 is 11.8. The Balaban J connectivity index is 1.81. The van der Waals surface area contributed by atoms with Gasteiger partial charge < -0.3 is 19.3 Å². The Kier molecular flexibility index (Phi) is 4.52. The van der Waals surface area contributed by atoms with Crippen LogP contribution < -0.4 is 9.64 Å². The van der Waals surface area contributed by atoms with Gasteiger partial charge in [-0.25, -0.2) is 4.79 Å². The highest BCUT2D eigenvalue weighted by atomic mass is 79.9. The molecule has 0 aliphatic carbocycles. The van der Waals surface area contributed by atoms with Gasteiger partial charge in [-0.15, -0.1) is 0 Å². The van der Waals surface area contributed by atoms with Crippen LogP contribution in [0, 0.1) is 10.1 Å². The number of non-ortho nitro benzene ring substituents is 1. The second kappa shape index (κ2) is 6.36. The fraction of sp³-hybridized carbons (Fsp3) is 0.562. The van der Waals surface area contributed by atoms with E-state index in [0.29, 0.717) is 42.2 Å². The fourth-order valence-electron chi connectivity index (χ4n) is 3.01. The molecule has 2 aliphatic rings. The van der Waals surface area contributed by atoms with Crippen molar-refractivity contribution in [3.8, 4) is 5.75 Å². The largest absolute Gasteiger partial charge is 0.488 e. The van der Waals surface area contributed by atoms with Crippen LogP contribution in [0.15, 0.2) is 16.6 Å². The second-order valence-electron chi connectivity index (χ2n) is 7.12. The van der Waals surface area contributed by atoms with Crippen molar-refractivity contribution in [1.82, 2.24) is 4.90 Å². The number of fused-ring (bicyclic) bond motifs is 3. The van der Waals surface area contributed by atoms with Crippen LogP contribution in [0.5, 0.6) is 5.75 Å². The van der Waals surface area contributed by atoms with E-state index < -0.39 is 10.5 Å². The van der Waals surface area contributed by atoms with Crippen LogP contribution >= 0.6 is 15.9 Å². The highest BCUT2D eigenvalue weighted by Gasteiger charge is 2.37. The summed E-state index contributed by atoms with van der Waals surface area (Å²) in [6, 6.07) is 2.90. The molecule has 9 heteroatoms. The van der Waals surface area contributed by atoms with Gasteiger partial charge in [0.1, 0.15) is 12.2 Å². The van der Waals surface area contributed by atoms with Crippen LogP contribution in [0.25, 0.3) is 0 Å².